The molecule has 4 heteroatoms. The summed E-state index contributed by atoms with van der Waals surface area (Å²) >= 11 is 0. The van der Waals surface area contributed by atoms with Gasteiger partial charge in [0.2, 0.25) is 0 Å². The molecule has 1 amide bonds. The number of benzene rings is 2. The van der Waals surface area contributed by atoms with Crippen molar-refractivity contribution in [2.75, 3.05) is 13.1 Å². The van der Waals surface area contributed by atoms with Crippen molar-refractivity contribution in [3.8, 4) is 0 Å². The SMILES string of the molecule is NC1CN(C(=O)c2cccc3ccccc23)CC1N. The van der Waals surface area contributed by atoms with Crippen LogP contribution < -0.4 is 11.5 Å². The molecule has 0 spiro atoms. The van der Waals surface area contributed by atoms with Crippen molar-refractivity contribution in [1.82, 2.24) is 4.90 Å². The molecule has 0 bridgehead atoms. The van der Waals surface area contributed by atoms with Gasteiger partial charge >= 0.3 is 0 Å². The quantitative estimate of drug-likeness (QED) is 0.797. The van der Waals surface area contributed by atoms with Crippen LogP contribution in [0.25, 0.3) is 10.8 Å². The molecule has 98 valence electrons. The van der Waals surface area contributed by atoms with Crippen LogP contribution in [0.3, 0.4) is 0 Å². The fourth-order valence-corrected chi connectivity index (χ4v) is 2.60. The number of nitrogens with zero attached hydrogens (tertiary/aromatic N) is 1. The second-order valence-corrected chi connectivity index (χ2v) is 5.06. The number of rotatable bonds is 1. The van der Waals surface area contributed by atoms with Gasteiger partial charge in [-0.3, -0.25) is 4.79 Å². The number of hydrogen-bond donors (Lipinski definition) is 2. The normalized spacial score (nSPS) is 22.9. The van der Waals surface area contributed by atoms with E-state index in [1.165, 1.54) is 0 Å². The molecule has 0 radical (unpaired) electrons. The van der Waals surface area contributed by atoms with Crippen molar-refractivity contribution in [3.63, 3.8) is 0 Å². The van der Waals surface area contributed by atoms with Crippen molar-refractivity contribution in [3.05, 3.63) is 48.0 Å². The second-order valence-electron chi connectivity index (χ2n) is 5.06. The number of carbonyl (C=O) groups is 1. The maximum absolute atomic E-state index is 12.6. The number of carbonyl (C=O) groups excluding carboxylic acids is 1. The van der Waals surface area contributed by atoms with Crippen molar-refractivity contribution in [2.24, 2.45) is 11.5 Å². The van der Waals surface area contributed by atoms with Crippen LogP contribution in [0.5, 0.6) is 0 Å². The number of nitrogens with two attached hydrogens (primary N) is 2. The van der Waals surface area contributed by atoms with Crippen molar-refractivity contribution >= 4 is 16.7 Å². The molecule has 1 aliphatic heterocycles. The predicted octanol–water partition coefficient (Wildman–Crippen LogP) is 0.950. The van der Waals surface area contributed by atoms with E-state index in [0.717, 1.165) is 16.3 Å². The first-order valence-electron chi connectivity index (χ1n) is 6.45. The van der Waals surface area contributed by atoms with Crippen LogP contribution in [0.4, 0.5) is 0 Å². The highest BCUT2D eigenvalue weighted by molar-refractivity contribution is 6.07. The Hall–Kier alpha value is -1.91. The van der Waals surface area contributed by atoms with Crippen molar-refractivity contribution in [2.45, 2.75) is 12.1 Å². The second kappa shape index (κ2) is 4.64. The van der Waals surface area contributed by atoms with Crippen LogP contribution in [0.1, 0.15) is 10.4 Å². The molecule has 1 aliphatic rings. The van der Waals surface area contributed by atoms with Gasteiger partial charge < -0.3 is 16.4 Å². The highest BCUT2D eigenvalue weighted by Gasteiger charge is 2.31. The van der Waals surface area contributed by atoms with Gasteiger partial charge in [0.25, 0.3) is 5.91 Å². The molecule has 2 aromatic carbocycles. The van der Waals surface area contributed by atoms with Crippen molar-refractivity contribution < 1.29 is 4.79 Å². The summed E-state index contributed by atoms with van der Waals surface area (Å²) in [5, 5.41) is 2.05. The standard InChI is InChI=1S/C15H17N3O/c16-13-8-18(9-14(13)17)15(19)12-7-3-5-10-4-1-2-6-11(10)12/h1-7,13-14H,8-9,16-17H2. The molecule has 1 fully saturated rings. The van der Waals surface area contributed by atoms with E-state index in [0.29, 0.717) is 13.1 Å². The fourth-order valence-electron chi connectivity index (χ4n) is 2.60. The van der Waals surface area contributed by atoms with E-state index < -0.39 is 0 Å². The summed E-state index contributed by atoms with van der Waals surface area (Å²) in [6.45, 7) is 1.06. The highest BCUT2D eigenvalue weighted by Crippen LogP contribution is 2.21. The molecular weight excluding hydrogens is 238 g/mol. The molecule has 4 nitrogen and oxygen atoms in total. The maximum atomic E-state index is 12.6. The topological polar surface area (TPSA) is 72.3 Å². The Labute approximate surface area is 112 Å². The number of fused-ring (bicyclic) bond motifs is 1. The smallest absolute Gasteiger partial charge is 0.254 e. The Morgan fingerprint density at radius 1 is 1.00 bits per heavy atom. The minimum absolute atomic E-state index is 0.0141. The monoisotopic (exact) mass is 255 g/mol. The molecule has 1 heterocycles. The number of hydrogen-bond acceptors (Lipinski definition) is 3. The van der Waals surface area contributed by atoms with Gasteiger partial charge in [0.05, 0.1) is 0 Å². The van der Waals surface area contributed by atoms with Crippen LogP contribution in [0.15, 0.2) is 42.5 Å². The Morgan fingerprint density at radius 2 is 1.63 bits per heavy atom. The lowest BCUT2D eigenvalue weighted by atomic mass is 10.0. The summed E-state index contributed by atoms with van der Waals surface area (Å²) in [7, 11) is 0. The summed E-state index contributed by atoms with van der Waals surface area (Å²) in [4.78, 5) is 14.3. The van der Waals surface area contributed by atoms with Gasteiger partial charge in [0.1, 0.15) is 0 Å². The minimum atomic E-state index is -0.126. The first-order valence-corrected chi connectivity index (χ1v) is 6.45. The average molecular weight is 255 g/mol. The van der Waals surface area contributed by atoms with E-state index in [1.54, 1.807) is 4.90 Å². The van der Waals surface area contributed by atoms with Crippen LogP contribution in [-0.2, 0) is 0 Å². The lowest BCUT2D eigenvalue weighted by Gasteiger charge is -2.17. The van der Waals surface area contributed by atoms with Crippen LogP contribution in [0, 0.1) is 0 Å². The Kier molecular flexibility index (Phi) is 2.97. The van der Waals surface area contributed by atoms with Gasteiger partial charge in [-0.25, -0.2) is 0 Å². The van der Waals surface area contributed by atoms with E-state index >= 15 is 0 Å². The zero-order valence-electron chi connectivity index (χ0n) is 10.6. The summed E-state index contributed by atoms with van der Waals surface area (Å²) in [6, 6.07) is 13.4. The van der Waals surface area contributed by atoms with E-state index in [-0.39, 0.29) is 18.0 Å². The summed E-state index contributed by atoms with van der Waals surface area (Å²) < 4.78 is 0. The number of amides is 1. The molecule has 1 saturated heterocycles. The third-order valence-corrected chi connectivity index (χ3v) is 3.72. The summed E-state index contributed by atoms with van der Waals surface area (Å²) in [5.41, 5.74) is 12.5. The van der Waals surface area contributed by atoms with Gasteiger partial charge in [0.15, 0.2) is 0 Å². The van der Waals surface area contributed by atoms with Gasteiger partial charge in [0, 0.05) is 30.7 Å². The Balaban J connectivity index is 1.98. The zero-order chi connectivity index (χ0) is 13.4. The lowest BCUT2D eigenvalue weighted by molar-refractivity contribution is 0.0791. The summed E-state index contributed by atoms with van der Waals surface area (Å²) in [6.07, 6.45) is 0. The van der Waals surface area contributed by atoms with E-state index in [2.05, 4.69) is 0 Å². The average Bonchev–Trinajstić information content (AvgIpc) is 2.77. The van der Waals surface area contributed by atoms with Gasteiger partial charge in [-0.05, 0) is 16.8 Å². The largest absolute Gasteiger partial charge is 0.335 e. The van der Waals surface area contributed by atoms with E-state index in [9.17, 15) is 4.79 Å². The first kappa shape index (κ1) is 12.1. The lowest BCUT2D eigenvalue weighted by Crippen LogP contribution is -2.39. The van der Waals surface area contributed by atoms with E-state index in [1.807, 2.05) is 42.5 Å². The van der Waals surface area contributed by atoms with E-state index in [4.69, 9.17) is 11.5 Å². The van der Waals surface area contributed by atoms with Crippen LogP contribution >= 0.6 is 0 Å². The summed E-state index contributed by atoms with van der Waals surface area (Å²) in [5.74, 6) is 0.0141. The van der Waals surface area contributed by atoms with Gasteiger partial charge in [-0.15, -0.1) is 0 Å². The molecule has 2 unspecified atom stereocenters. The molecule has 19 heavy (non-hydrogen) atoms. The van der Waals surface area contributed by atoms with Crippen LogP contribution in [0.2, 0.25) is 0 Å². The minimum Gasteiger partial charge on any atom is -0.335 e. The predicted molar refractivity (Wildman–Crippen MR) is 75.8 cm³/mol. The third kappa shape index (κ3) is 2.09. The fraction of sp³-hybridized carbons (Fsp3) is 0.267. The molecule has 2 atom stereocenters. The molecule has 0 aromatic heterocycles. The number of likely N-dealkylation sites (tertiary alicyclic amines) is 1. The third-order valence-electron chi connectivity index (χ3n) is 3.72. The first-order chi connectivity index (χ1) is 9.16. The molecular formula is C15H17N3O. The molecule has 0 aliphatic carbocycles. The zero-order valence-corrected chi connectivity index (χ0v) is 10.6. The maximum Gasteiger partial charge on any atom is 0.254 e. The highest BCUT2D eigenvalue weighted by atomic mass is 16.2. The molecule has 0 saturated carbocycles. The molecule has 3 rings (SSSR count). The van der Waals surface area contributed by atoms with Gasteiger partial charge in [-0.1, -0.05) is 36.4 Å². The Bertz CT molecular complexity index is 610. The van der Waals surface area contributed by atoms with Gasteiger partial charge in [-0.2, -0.15) is 0 Å². The molecule has 2 aromatic rings. The van der Waals surface area contributed by atoms with Crippen molar-refractivity contribution in [1.29, 1.82) is 0 Å². The molecule has 4 N–H and O–H groups in total. The van der Waals surface area contributed by atoms with Crippen LogP contribution in [-0.4, -0.2) is 36.0 Å². The Morgan fingerprint density at radius 3 is 2.37 bits per heavy atom.